The highest BCUT2D eigenvalue weighted by Crippen LogP contribution is 2.23. The van der Waals surface area contributed by atoms with Gasteiger partial charge in [0.25, 0.3) is 5.91 Å². The number of hydrogen-bond acceptors (Lipinski definition) is 3. The summed E-state index contributed by atoms with van der Waals surface area (Å²) in [5.74, 6) is 0.504. The fourth-order valence-corrected chi connectivity index (χ4v) is 2.28. The van der Waals surface area contributed by atoms with Crippen LogP contribution >= 0.6 is 0 Å². The van der Waals surface area contributed by atoms with Crippen molar-refractivity contribution in [2.75, 3.05) is 17.7 Å². The van der Waals surface area contributed by atoms with E-state index in [0.29, 0.717) is 11.5 Å². The van der Waals surface area contributed by atoms with E-state index in [4.69, 9.17) is 0 Å². The van der Waals surface area contributed by atoms with Crippen LogP contribution in [0, 0.1) is 0 Å². The molecule has 4 nitrogen and oxygen atoms in total. The van der Waals surface area contributed by atoms with Crippen LogP contribution in [0.3, 0.4) is 0 Å². The predicted molar refractivity (Wildman–Crippen MR) is 86.9 cm³/mol. The number of benzene rings is 1. The number of anilines is 2. The zero-order chi connectivity index (χ0) is 15.2. The van der Waals surface area contributed by atoms with Gasteiger partial charge in [-0.05, 0) is 36.1 Å². The zero-order valence-electron chi connectivity index (χ0n) is 12.7. The lowest BCUT2D eigenvalue weighted by atomic mass is 10.0. The van der Waals surface area contributed by atoms with Crippen LogP contribution in [0.2, 0.25) is 0 Å². The monoisotopic (exact) mass is 283 g/mol. The van der Waals surface area contributed by atoms with Crippen molar-refractivity contribution in [2.24, 2.45) is 0 Å². The van der Waals surface area contributed by atoms with Gasteiger partial charge in [0.05, 0.1) is 0 Å². The first kappa shape index (κ1) is 15.0. The molecule has 0 radical (unpaired) electrons. The van der Waals surface area contributed by atoms with Crippen molar-refractivity contribution in [1.82, 2.24) is 4.98 Å². The van der Waals surface area contributed by atoms with Crippen molar-refractivity contribution < 1.29 is 4.79 Å². The summed E-state index contributed by atoms with van der Waals surface area (Å²) in [6.07, 6.45) is 1.76. The molecule has 4 heteroatoms. The van der Waals surface area contributed by atoms with E-state index < -0.39 is 0 Å². The Bertz CT molecular complexity index is 615. The van der Waals surface area contributed by atoms with Crippen LogP contribution in [0.15, 0.2) is 36.4 Å². The first-order valence-corrected chi connectivity index (χ1v) is 7.26. The Labute approximate surface area is 125 Å². The minimum atomic E-state index is -0.178. The zero-order valence-corrected chi connectivity index (χ0v) is 12.7. The third-order valence-electron chi connectivity index (χ3n) is 3.48. The van der Waals surface area contributed by atoms with E-state index in [1.54, 1.807) is 13.1 Å². The van der Waals surface area contributed by atoms with Gasteiger partial charge in [0.2, 0.25) is 0 Å². The SMILES string of the molecule is CCc1cccc(CC)c1NC(=O)c1cccc(NC)n1. The highest BCUT2D eigenvalue weighted by atomic mass is 16.1. The molecule has 0 aliphatic heterocycles. The molecular weight excluding hydrogens is 262 g/mol. The number of carbonyl (C=O) groups is 1. The number of hydrogen-bond donors (Lipinski definition) is 2. The molecule has 0 aliphatic rings. The topological polar surface area (TPSA) is 54.0 Å². The lowest BCUT2D eigenvalue weighted by molar-refractivity contribution is 0.102. The Hall–Kier alpha value is -2.36. The van der Waals surface area contributed by atoms with Gasteiger partial charge in [-0.3, -0.25) is 4.79 Å². The minimum Gasteiger partial charge on any atom is -0.373 e. The molecule has 0 fully saturated rings. The summed E-state index contributed by atoms with van der Waals surface area (Å²) in [6, 6.07) is 11.5. The second-order valence-electron chi connectivity index (χ2n) is 4.77. The van der Waals surface area contributed by atoms with Gasteiger partial charge in [0.1, 0.15) is 11.5 Å². The Kier molecular flexibility index (Phi) is 4.93. The first-order chi connectivity index (χ1) is 10.2. The number of nitrogens with one attached hydrogen (secondary N) is 2. The van der Waals surface area contributed by atoms with Crippen molar-refractivity contribution in [1.29, 1.82) is 0 Å². The van der Waals surface area contributed by atoms with E-state index in [1.165, 1.54) is 0 Å². The molecule has 0 spiro atoms. The highest BCUT2D eigenvalue weighted by molar-refractivity contribution is 6.04. The third-order valence-corrected chi connectivity index (χ3v) is 3.48. The molecule has 2 N–H and O–H groups in total. The molecule has 1 aromatic carbocycles. The molecule has 2 rings (SSSR count). The van der Waals surface area contributed by atoms with Crippen molar-refractivity contribution in [3.05, 3.63) is 53.2 Å². The Balaban J connectivity index is 2.30. The van der Waals surface area contributed by atoms with Crippen LogP contribution in [0.4, 0.5) is 11.5 Å². The maximum atomic E-state index is 12.4. The number of amides is 1. The molecule has 0 unspecified atom stereocenters. The number of nitrogens with zero attached hydrogens (tertiary/aromatic N) is 1. The molecule has 1 amide bonds. The van der Waals surface area contributed by atoms with Crippen molar-refractivity contribution in [3.63, 3.8) is 0 Å². The molecule has 0 saturated carbocycles. The molecule has 1 heterocycles. The third kappa shape index (κ3) is 3.40. The van der Waals surface area contributed by atoms with Crippen LogP contribution in [-0.2, 0) is 12.8 Å². The van der Waals surface area contributed by atoms with E-state index in [9.17, 15) is 4.79 Å². The van der Waals surface area contributed by atoms with Crippen LogP contribution < -0.4 is 10.6 Å². The summed E-state index contributed by atoms with van der Waals surface area (Å²) in [5.41, 5.74) is 3.62. The number of aromatic nitrogens is 1. The largest absolute Gasteiger partial charge is 0.373 e. The Morgan fingerprint density at radius 2 is 1.67 bits per heavy atom. The van der Waals surface area contributed by atoms with Gasteiger partial charge in [-0.15, -0.1) is 0 Å². The van der Waals surface area contributed by atoms with Crippen LogP contribution in [0.5, 0.6) is 0 Å². The summed E-state index contributed by atoms with van der Waals surface area (Å²) in [5, 5.41) is 5.96. The summed E-state index contributed by atoms with van der Waals surface area (Å²) in [6.45, 7) is 4.18. The summed E-state index contributed by atoms with van der Waals surface area (Å²) in [7, 11) is 1.78. The summed E-state index contributed by atoms with van der Waals surface area (Å²) in [4.78, 5) is 16.7. The highest BCUT2D eigenvalue weighted by Gasteiger charge is 2.13. The molecule has 2 aromatic rings. The van der Waals surface area contributed by atoms with Crippen molar-refractivity contribution in [2.45, 2.75) is 26.7 Å². The summed E-state index contributed by atoms with van der Waals surface area (Å²) < 4.78 is 0. The lowest BCUT2D eigenvalue weighted by Gasteiger charge is -2.14. The Morgan fingerprint density at radius 3 is 2.24 bits per heavy atom. The lowest BCUT2D eigenvalue weighted by Crippen LogP contribution is -2.16. The molecule has 1 aromatic heterocycles. The normalized spacial score (nSPS) is 10.2. The maximum absolute atomic E-state index is 12.4. The quantitative estimate of drug-likeness (QED) is 0.883. The van der Waals surface area contributed by atoms with E-state index in [-0.39, 0.29) is 5.91 Å². The van der Waals surface area contributed by atoms with Gasteiger partial charge in [-0.1, -0.05) is 38.1 Å². The number of pyridine rings is 1. The fourth-order valence-electron chi connectivity index (χ4n) is 2.28. The van der Waals surface area contributed by atoms with Crippen molar-refractivity contribution >= 4 is 17.4 Å². The molecule has 110 valence electrons. The van der Waals surface area contributed by atoms with E-state index in [2.05, 4.69) is 29.5 Å². The standard InChI is InChI=1S/C17H21N3O/c1-4-12-8-6-9-13(5-2)16(12)20-17(21)14-10-7-11-15(18-3)19-14/h6-11H,4-5H2,1-3H3,(H,18,19)(H,20,21). The molecule has 0 atom stereocenters. The predicted octanol–water partition coefficient (Wildman–Crippen LogP) is 3.50. The van der Waals surface area contributed by atoms with Crippen LogP contribution in [0.25, 0.3) is 0 Å². The van der Waals surface area contributed by atoms with Crippen LogP contribution in [0.1, 0.15) is 35.5 Å². The first-order valence-electron chi connectivity index (χ1n) is 7.26. The number of rotatable bonds is 5. The maximum Gasteiger partial charge on any atom is 0.274 e. The average molecular weight is 283 g/mol. The van der Waals surface area contributed by atoms with Crippen LogP contribution in [-0.4, -0.2) is 17.9 Å². The van der Waals surface area contributed by atoms with Gasteiger partial charge in [0.15, 0.2) is 0 Å². The van der Waals surface area contributed by atoms with E-state index >= 15 is 0 Å². The van der Waals surface area contributed by atoms with Gasteiger partial charge in [-0.2, -0.15) is 0 Å². The average Bonchev–Trinajstić information content (AvgIpc) is 2.54. The van der Waals surface area contributed by atoms with Gasteiger partial charge >= 0.3 is 0 Å². The number of para-hydroxylation sites is 1. The smallest absolute Gasteiger partial charge is 0.274 e. The minimum absolute atomic E-state index is 0.178. The second kappa shape index (κ2) is 6.88. The van der Waals surface area contributed by atoms with Crippen molar-refractivity contribution in [3.8, 4) is 0 Å². The molecular formula is C17H21N3O. The molecule has 21 heavy (non-hydrogen) atoms. The fraction of sp³-hybridized carbons (Fsp3) is 0.294. The van der Waals surface area contributed by atoms with Gasteiger partial charge in [0, 0.05) is 12.7 Å². The molecule has 0 saturated heterocycles. The molecule has 0 aliphatic carbocycles. The summed E-state index contributed by atoms with van der Waals surface area (Å²) >= 11 is 0. The van der Waals surface area contributed by atoms with E-state index in [1.807, 2.05) is 30.3 Å². The number of carbonyl (C=O) groups excluding carboxylic acids is 1. The van der Waals surface area contributed by atoms with E-state index in [0.717, 1.165) is 29.7 Å². The van der Waals surface area contributed by atoms with Gasteiger partial charge < -0.3 is 10.6 Å². The van der Waals surface area contributed by atoms with Gasteiger partial charge in [-0.25, -0.2) is 4.98 Å². The molecule has 0 bridgehead atoms. The number of aryl methyl sites for hydroxylation is 2. The Morgan fingerprint density at radius 1 is 1.05 bits per heavy atom. The second-order valence-corrected chi connectivity index (χ2v) is 4.77.